The second kappa shape index (κ2) is 4.02. The van der Waals surface area contributed by atoms with E-state index in [0.717, 1.165) is 19.3 Å². The van der Waals surface area contributed by atoms with Gasteiger partial charge in [-0.15, -0.1) is 4.72 Å². The third-order valence-corrected chi connectivity index (χ3v) is 6.44. The highest BCUT2D eigenvalue weighted by Crippen LogP contribution is 2.71. The molecule has 0 spiro atoms. The Morgan fingerprint density at radius 2 is 1.68 bits per heavy atom. The maximum Gasteiger partial charge on any atom is 0.405 e. The monoisotopic (exact) mass is 288 g/mol. The zero-order valence-electron chi connectivity index (χ0n) is 12.3. The predicted molar refractivity (Wildman–Crippen MR) is 75.3 cm³/mol. The van der Waals surface area contributed by atoms with Gasteiger partial charge in [-0.1, -0.05) is 0 Å². The molecule has 19 heavy (non-hydrogen) atoms. The Hall–Kier alpha value is -0.460. The maximum absolute atomic E-state index is 12.2. The van der Waals surface area contributed by atoms with Crippen LogP contribution in [0.3, 0.4) is 0 Å². The first-order valence-corrected chi connectivity index (χ1v) is 7.77. The minimum atomic E-state index is -1.11. The molecule has 0 radical (unpaired) electrons. The van der Waals surface area contributed by atoms with Crippen LogP contribution in [-0.4, -0.2) is 31.6 Å². The standard InChI is InChI=1S/C13H24N2O3S/c1-10(2,3)19(18)15-11(4,5)12-6-13(7-12,8-12)14-9(16)17/h14-15H,6-8H2,1-5H3,(H,16,17). The van der Waals surface area contributed by atoms with Gasteiger partial charge in [0.1, 0.15) is 4.75 Å². The van der Waals surface area contributed by atoms with Gasteiger partial charge in [0.2, 0.25) is 0 Å². The Morgan fingerprint density at radius 3 is 2.05 bits per heavy atom. The molecule has 5 nitrogen and oxygen atoms in total. The minimum Gasteiger partial charge on any atom is -0.598 e. The van der Waals surface area contributed by atoms with Gasteiger partial charge in [-0.25, -0.2) is 4.79 Å². The van der Waals surface area contributed by atoms with Crippen LogP contribution in [-0.2, 0) is 11.4 Å². The van der Waals surface area contributed by atoms with E-state index >= 15 is 0 Å². The van der Waals surface area contributed by atoms with Crippen molar-refractivity contribution in [1.29, 1.82) is 0 Å². The normalized spacial score (nSPS) is 35.1. The van der Waals surface area contributed by atoms with Gasteiger partial charge in [-0.05, 0) is 59.3 Å². The van der Waals surface area contributed by atoms with E-state index in [2.05, 4.69) is 23.9 Å². The van der Waals surface area contributed by atoms with E-state index in [-0.39, 0.29) is 21.2 Å². The molecule has 0 aromatic carbocycles. The van der Waals surface area contributed by atoms with Gasteiger partial charge >= 0.3 is 6.09 Å². The largest absolute Gasteiger partial charge is 0.598 e. The molecule has 1 atom stereocenters. The summed E-state index contributed by atoms with van der Waals surface area (Å²) in [5, 5.41) is 11.4. The molecule has 0 heterocycles. The molecule has 3 saturated carbocycles. The highest BCUT2D eigenvalue weighted by atomic mass is 32.2. The molecule has 3 fully saturated rings. The van der Waals surface area contributed by atoms with Gasteiger partial charge in [-0.2, -0.15) is 0 Å². The van der Waals surface area contributed by atoms with E-state index in [4.69, 9.17) is 5.11 Å². The van der Waals surface area contributed by atoms with E-state index in [1.165, 1.54) is 0 Å². The van der Waals surface area contributed by atoms with Crippen molar-refractivity contribution in [3.8, 4) is 0 Å². The van der Waals surface area contributed by atoms with Gasteiger partial charge in [0, 0.05) is 16.9 Å². The van der Waals surface area contributed by atoms with Crippen molar-refractivity contribution < 1.29 is 14.5 Å². The van der Waals surface area contributed by atoms with Gasteiger partial charge in [-0.3, -0.25) is 0 Å². The van der Waals surface area contributed by atoms with Crippen LogP contribution in [0.25, 0.3) is 0 Å². The number of carboxylic acid groups (broad SMARTS) is 1. The highest BCUT2D eigenvalue weighted by molar-refractivity contribution is 7.90. The molecule has 1 unspecified atom stereocenters. The second-order valence-electron chi connectivity index (χ2n) is 7.63. The number of amides is 1. The van der Waals surface area contributed by atoms with Crippen molar-refractivity contribution >= 4 is 17.5 Å². The lowest BCUT2D eigenvalue weighted by Gasteiger charge is -2.74. The molecule has 0 aromatic rings. The summed E-state index contributed by atoms with van der Waals surface area (Å²) in [5.41, 5.74) is -0.378. The average molecular weight is 288 g/mol. The third-order valence-electron chi connectivity index (χ3n) is 4.63. The Bertz CT molecular complexity index is 383. The molecule has 3 aliphatic carbocycles. The summed E-state index contributed by atoms with van der Waals surface area (Å²) in [4.78, 5) is 10.7. The van der Waals surface area contributed by atoms with Crippen LogP contribution in [0, 0.1) is 5.41 Å². The second-order valence-corrected chi connectivity index (χ2v) is 9.60. The number of hydrogen-bond donors (Lipinski definition) is 3. The molecule has 110 valence electrons. The first-order valence-electron chi connectivity index (χ1n) is 6.62. The summed E-state index contributed by atoms with van der Waals surface area (Å²) in [6.07, 6.45) is 1.58. The Balaban J connectivity index is 1.96. The number of hydrogen-bond acceptors (Lipinski definition) is 3. The van der Waals surface area contributed by atoms with Crippen LogP contribution in [0.5, 0.6) is 0 Å². The Kier molecular flexibility index (Phi) is 3.16. The van der Waals surface area contributed by atoms with E-state index in [1.807, 2.05) is 20.8 Å². The van der Waals surface area contributed by atoms with Gasteiger partial charge in [0.15, 0.2) is 0 Å². The highest BCUT2D eigenvalue weighted by Gasteiger charge is 2.74. The van der Waals surface area contributed by atoms with E-state index < -0.39 is 17.5 Å². The molecule has 0 aliphatic heterocycles. The average Bonchev–Trinajstić information content (AvgIpc) is 2.05. The molecule has 3 aliphatic rings. The van der Waals surface area contributed by atoms with E-state index in [0.29, 0.717) is 0 Å². The minimum absolute atomic E-state index is 0.0797. The van der Waals surface area contributed by atoms with Crippen LogP contribution >= 0.6 is 0 Å². The molecule has 2 bridgehead atoms. The van der Waals surface area contributed by atoms with Crippen molar-refractivity contribution in [1.82, 2.24) is 10.0 Å². The first kappa shape index (κ1) is 14.9. The van der Waals surface area contributed by atoms with E-state index in [9.17, 15) is 9.35 Å². The molecule has 0 saturated heterocycles. The quantitative estimate of drug-likeness (QED) is 0.691. The lowest BCUT2D eigenvalue weighted by atomic mass is 9.34. The van der Waals surface area contributed by atoms with Crippen molar-refractivity contribution in [2.24, 2.45) is 5.41 Å². The molecule has 3 N–H and O–H groups in total. The number of nitrogens with one attached hydrogen (secondary N) is 2. The number of carbonyl (C=O) groups is 1. The fraction of sp³-hybridized carbons (Fsp3) is 0.923. The lowest BCUT2D eigenvalue weighted by Crippen LogP contribution is -2.82. The van der Waals surface area contributed by atoms with Crippen molar-refractivity contribution in [2.75, 3.05) is 0 Å². The summed E-state index contributed by atoms with van der Waals surface area (Å²) in [6, 6.07) is 0. The van der Waals surface area contributed by atoms with Crippen LogP contribution in [0.1, 0.15) is 53.9 Å². The topological polar surface area (TPSA) is 84.4 Å². The molecule has 0 aromatic heterocycles. The van der Waals surface area contributed by atoms with Crippen LogP contribution < -0.4 is 10.0 Å². The smallest absolute Gasteiger partial charge is 0.405 e. The molecular formula is C13H24N2O3S. The summed E-state index contributed by atoms with van der Waals surface area (Å²) >= 11 is -1.11. The fourth-order valence-corrected chi connectivity index (χ4v) is 4.29. The van der Waals surface area contributed by atoms with Crippen LogP contribution in [0.15, 0.2) is 0 Å². The van der Waals surface area contributed by atoms with Crippen molar-refractivity contribution in [2.45, 2.75) is 69.7 Å². The lowest BCUT2D eigenvalue weighted by molar-refractivity contribution is -0.191. The molecule has 1 amide bonds. The van der Waals surface area contributed by atoms with Crippen molar-refractivity contribution in [3.63, 3.8) is 0 Å². The summed E-state index contributed by atoms with van der Waals surface area (Å²) in [5.74, 6) is 0. The SMILES string of the molecule is CC(C)(C)[S+]([O-])NC(C)(C)C12CC(NC(=O)O)(C1)C2. The Labute approximate surface area is 117 Å². The van der Waals surface area contributed by atoms with Gasteiger partial charge in [0.25, 0.3) is 0 Å². The summed E-state index contributed by atoms with van der Waals surface area (Å²) in [7, 11) is 0. The van der Waals surface area contributed by atoms with Crippen molar-refractivity contribution in [3.05, 3.63) is 0 Å². The predicted octanol–water partition coefficient (Wildman–Crippen LogP) is 2.01. The maximum atomic E-state index is 12.2. The first-order chi connectivity index (χ1) is 8.42. The molecular weight excluding hydrogens is 264 g/mol. The zero-order valence-corrected chi connectivity index (χ0v) is 13.1. The molecule has 6 heteroatoms. The van der Waals surface area contributed by atoms with Gasteiger partial charge < -0.3 is 15.0 Å². The Morgan fingerprint density at radius 1 is 1.21 bits per heavy atom. The summed E-state index contributed by atoms with van der Waals surface area (Å²) in [6.45, 7) is 9.98. The molecule has 3 rings (SSSR count). The van der Waals surface area contributed by atoms with Gasteiger partial charge in [0.05, 0.1) is 5.54 Å². The third kappa shape index (κ3) is 2.34. The van der Waals surface area contributed by atoms with Crippen LogP contribution in [0.4, 0.5) is 4.79 Å². The summed E-state index contributed by atoms with van der Waals surface area (Å²) < 4.78 is 15.2. The zero-order chi connectivity index (χ0) is 14.7. The fourth-order valence-electron chi connectivity index (χ4n) is 3.30. The number of rotatable bonds is 4. The van der Waals surface area contributed by atoms with E-state index in [1.54, 1.807) is 0 Å². The van der Waals surface area contributed by atoms with Crippen LogP contribution in [0.2, 0.25) is 0 Å².